The van der Waals surface area contributed by atoms with Crippen LogP contribution in [0.4, 0.5) is 17.1 Å². The lowest BCUT2D eigenvalue weighted by molar-refractivity contribution is 0.660. The van der Waals surface area contributed by atoms with Gasteiger partial charge in [-0.2, -0.15) is 0 Å². The number of benzene rings is 11. The van der Waals surface area contributed by atoms with E-state index in [1.807, 2.05) is 0 Å². The van der Waals surface area contributed by atoms with Crippen molar-refractivity contribution in [3.05, 3.63) is 294 Å². The number of hydrogen-bond acceptors (Lipinski definition) is 1. The van der Waals surface area contributed by atoms with Gasteiger partial charge in [-0.15, -0.1) is 0 Å². The molecule has 0 radical (unpaired) electrons. The predicted octanol–water partition coefficient (Wildman–Crippen LogP) is 18.5. The normalized spacial score (nSPS) is 13.7. The molecule has 11 aromatic carbocycles. The lowest BCUT2D eigenvalue weighted by Gasteiger charge is -2.33. The molecule has 0 amide bonds. The molecule has 1 heteroatoms. The Kier molecular flexibility index (Phi) is 9.22. The fraction of sp³-hybridized carbons (Fsp3) is 0.0571. The molecule has 334 valence electrons. The summed E-state index contributed by atoms with van der Waals surface area (Å²) in [6, 6.07) is 97.4. The van der Waals surface area contributed by atoms with Crippen molar-refractivity contribution in [1.82, 2.24) is 0 Å². The van der Waals surface area contributed by atoms with Gasteiger partial charge in [0.15, 0.2) is 0 Å². The second kappa shape index (κ2) is 15.9. The molecule has 0 atom stereocenters. The van der Waals surface area contributed by atoms with Crippen molar-refractivity contribution in [1.29, 1.82) is 0 Å². The summed E-state index contributed by atoms with van der Waals surface area (Å²) in [7, 11) is 0. The summed E-state index contributed by atoms with van der Waals surface area (Å²) in [6.07, 6.45) is 0. The summed E-state index contributed by atoms with van der Waals surface area (Å²) in [5.74, 6) is 0. The van der Waals surface area contributed by atoms with Crippen LogP contribution >= 0.6 is 0 Å². The zero-order valence-electron chi connectivity index (χ0n) is 39.8. The molecular formula is C70H49N. The molecule has 0 N–H and O–H groups in total. The van der Waals surface area contributed by atoms with Gasteiger partial charge in [-0.25, -0.2) is 0 Å². The number of hydrogen-bond donors (Lipinski definition) is 0. The number of nitrogens with zero attached hydrogens (tertiary/aromatic N) is 1. The van der Waals surface area contributed by atoms with E-state index < -0.39 is 5.41 Å². The highest BCUT2D eigenvalue weighted by Gasteiger charge is 2.51. The second-order valence-electron chi connectivity index (χ2n) is 19.8. The van der Waals surface area contributed by atoms with E-state index >= 15 is 0 Å². The van der Waals surface area contributed by atoms with E-state index in [-0.39, 0.29) is 5.41 Å². The fourth-order valence-corrected chi connectivity index (χ4v) is 12.9. The van der Waals surface area contributed by atoms with E-state index in [0.29, 0.717) is 0 Å². The Morgan fingerprint density at radius 2 is 0.676 bits per heavy atom. The van der Waals surface area contributed by atoms with Crippen LogP contribution in [0.25, 0.3) is 77.9 Å². The van der Waals surface area contributed by atoms with Gasteiger partial charge in [-0.3, -0.25) is 0 Å². The third-order valence-corrected chi connectivity index (χ3v) is 15.9. The van der Waals surface area contributed by atoms with Crippen LogP contribution < -0.4 is 4.90 Å². The average Bonchev–Trinajstić information content (AvgIpc) is 4.00. The first-order valence-electron chi connectivity index (χ1n) is 24.9. The van der Waals surface area contributed by atoms with Gasteiger partial charge in [0, 0.05) is 22.2 Å². The molecule has 71 heavy (non-hydrogen) atoms. The van der Waals surface area contributed by atoms with Crippen LogP contribution in [0.1, 0.15) is 47.2 Å². The van der Waals surface area contributed by atoms with E-state index in [4.69, 9.17) is 0 Å². The minimum atomic E-state index is -0.446. The molecule has 0 fully saturated rings. The first-order valence-corrected chi connectivity index (χ1v) is 24.9. The molecule has 3 aliphatic rings. The summed E-state index contributed by atoms with van der Waals surface area (Å²) in [4.78, 5) is 2.58. The SMILES string of the molecule is CC1(C)c2ccccc2-c2c(-c3ccccc3N(c3ccc4c(c3)-c3ccccc3C43c4ccccc4-c4ccccc43)c3cccc(-c4ccccc4)c3-c3ccccc3-c3ccccc3)cccc21. The minimum Gasteiger partial charge on any atom is -0.309 e. The number of fused-ring (bicyclic) bond motifs is 13. The summed E-state index contributed by atoms with van der Waals surface area (Å²) in [5.41, 5.74) is 28.1. The molecule has 0 bridgehead atoms. The predicted molar refractivity (Wildman–Crippen MR) is 297 cm³/mol. The van der Waals surface area contributed by atoms with Gasteiger partial charge in [0.2, 0.25) is 0 Å². The molecule has 0 heterocycles. The highest BCUT2D eigenvalue weighted by Crippen LogP contribution is 2.64. The maximum Gasteiger partial charge on any atom is 0.0725 e. The van der Waals surface area contributed by atoms with Gasteiger partial charge in [0.1, 0.15) is 0 Å². The third kappa shape index (κ3) is 5.93. The van der Waals surface area contributed by atoms with Gasteiger partial charge in [-0.1, -0.05) is 250 Å². The lowest BCUT2D eigenvalue weighted by Crippen LogP contribution is -2.25. The van der Waals surface area contributed by atoms with Gasteiger partial charge >= 0.3 is 0 Å². The second-order valence-corrected chi connectivity index (χ2v) is 19.8. The van der Waals surface area contributed by atoms with E-state index in [0.717, 1.165) is 17.1 Å². The zero-order chi connectivity index (χ0) is 47.3. The maximum absolute atomic E-state index is 2.58. The highest BCUT2D eigenvalue weighted by molar-refractivity contribution is 6.05. The van der Waals surface area contributed by atoms with Crippen LogP contribution in [-0.2, 0) is 10.8 Å². The van der Waals surface area contributed by atoms with Gasteiger partial charge in [0.25, 0.3) is 0 Å². The fourth-order valence-electron chi connectivity index (χ4n) is 12.9. The molecule has 0 aromatic heterocycles. The van der Waals surface area contributed by atoms with Crippen LogP contribution in [0, 0.1) is 0 Å². The smallest absolute Gasteiger partial charge is 0.0725 e. The largest absolute Gasteiger partial charge is 0.309 e. The molecule has 1 spiro atoms. The van der Waals surface area contributed by atoms with Crippen LogP contribution in [0.2, 0.25) is 0 Å². The number of anilines is 3. The monoisotopic (exact) mass is 903 g/mol. The molecule has 14 rings (SSSR count). The van der Waals surface area contributed by atoms with Crippen molar-refractivity contribution in [3.8, 4) is 77.9 Å². The summed E-state index contributed by atoms with van der Waals surface area (Å²) >= 11 is 0. The number of para-hydroxylation sites is 1. The molecule has 11 aromatic rings. The van der Waals surface area contributed by atoms with E-state index in [9.17, 15) is 0 Å². The Bertz CT molecular complexity index is 3870. The van der Waals surface area contributed by atoms with Crippen LogP contribution in [0.15, 0.2) is 261 Å². The summed E-state index contributed by atoms with van der Waals surface area (Å²) < 4.78 is 0. The van der Waals surface area contributed by atoms with Crippen molar-refractivity contribution in [2.75, 3.05) is 4.90 Å². The molecular weight excluding hydrogens is 855 g/mol. The maximum atomic E-state index is 2.58. The van der Waals surface area contributed by atoms with Crippen molar-refractivity contribution in [2.45, 2.75) is 24.7 Å². The van der Waals surface area contributed by atoms with Gasteiger partial charge in [-0.05, 0) is 124 Å². The average molecular weight is 904 g/mol. The van der Waals surface area contributed by atoms with E-state index in [1.54, 1.807) is 0 Å². The van der Waals surface area contributed by atoms with Crippen molar-refractivity contribution in [3.63, 3.8) is 0 Å². The Balaban J connectivity index is 1.09. The van der Waals surface area contributed by atoms with Crippen LogP contribution in [0.5, 0.6) is 0 Å². The Hall–Kier alpha value is -8.78. The standard InChI is InChI=1S/C70H49N/c1-69(2)59-36-16-14-33-57(59)67-56(35-21-40-64(67)69)54-31-15-20-41-65(54)71(66-42-22-34-50(47-25-7-4-8-26-47)68(66)55-32-10-9-27-49(55)46-23-5-3-6-24-46)48-43-44-63-58(45-48)53-30-13-19-39-62(53)70(63)60-37-17-11-28-51(60)52-29-12-18-38-61(52)70/h3-45H,1-2H3. The van der Waals surface area contributed by atoms with Gasteiger partial charge in [0.05, 0.1) is 16.8 Å². The van der Waals surface area contributed by atoms with E-state index in [2.05, 4.69) is 280 Å². The third-order valence-electron chi connectivity index (χ3n) is 15.9. The summed E-state index contributed by atoms with van der Waals surface area (Å²) in [6.45, 7) is 4.75. The lowest BCUT2D eigenvalue weighted by atomic mass is 9.70. The van der Waals surface area contributed by atoms with Crippen molar-refractivity contribution >= 4 is 17.1 Å². The molecule has 0 saturated heterocycles. The van der Waals surface area contributed by atoms with Crippen LogP contribution in [-0.4, -0.2) is 0 Å². The first kappa shape index (κ1) is 41.2. The Morgan fingerprint density at radius 1 is 0.254 bits per heavy atom. The highest BCUT2D eigenvalue weighted by atomic mass is 15.1. The molecule has 0 aliphatic heterocycles. The zero-order valence-corrected chi connectivity index (χ0v) is 39.8. The minimum absolute atomic E-state index is 0.143. The quantitative estimate of drug-likeness (QED) is 0.154. The number of rotatable bonds is 7. The Morgan fingerprint density at radius 3 is 1.32 bits per heavy atom. The van der Waals surface area contributed by atoms with Crippen molar-refractivity contribution < 1.29 is 0 Å². The van der Waals surface area contributed by atoms with E-state index in [1.165, 1.54) is 111 Å². The van der Waals surface area contributed by atoms with Gasteiger partial charge < -0.3 is 4.90 Å². The molecule has 1 nitrogen and oxygen atoms in total. The summed E-state index contributed by atoms with van der Waals surface area (Å²) in [5, 5.41) is 0. The topological polar surface area (TPSA) is 3.24 Å². The molecule has 0 unspecified atom stereocenters. The van der Waals surface area contributed by atoms with Crippen LogP contribution in [0.3, 0.4) is 0 Å². The molecule has 3 aliphatic carbocycles. The Labute approximate surface area is 416 Å². The first-order chi connectivity index (χ1) is 35.0. The molecule has 0 saturated carbocycles. The van der Waals surface area contributed by atoms with Crippen molar-refractivity contribution in [2.24, 2.45) is 0 Å².